The lowest BCUT2D eigenvalue weighted by molar-refractivity contribution is -0.132. The van der Waals surface area contributed by atoms with Gasteiger partial charge in [0.05, 0.1) is 0 Å². The molecular weight excluding hydrogens is 232 g/mol. The summed E-state index contributed by atoms with van der Waals surface area (Å²) in [6.45, 7) is 8.27. The van der Waals surface area contributed by atoms with E-state index in [0.717, 1.165) is 5.56 Å². The highest BCUT2D eigenvalue weighted by molar-refractivity contribution is 5.71. The summed E-state index contributed by atoms with van der Waals surface area (Å²) in [6.07, 6.45) is 1.75. The number of ether oxygens (including phenoxy) is 2. The molecular formula is C14H16O4. The molecule has 0 N–H and O–H groups in total. The zero-order valence-corrected chi connectivity index (χ0v) is 10.7. The molecule has 4 heteroatoms. The quantitative estimate of drug-likeness (QED) is 0.467. The van der Waals surface area contributed by atoms with Crippen LogP contribution in [0.2, 0.25) is 0 Å². The summed E-state index contributed by atoms with van der Waals surface area (Å²) in [4.78, 5) is 21.9. The highest BCUT2D eigenvalue weighted by atomic mass is 16.5. The Bertz CT molecular complexity index is 442. The smallest absolute Gasteiger partial charge is 0.308 e. The maximum atomic E-state index is 10.9. The number of hydrogen-bond acceptors (Lipinski definition) is 4. The first-order valence-corrected chi connectivity index (χ1v) is 5.56. The van der Waals surface area contributed by atoms with E-state index >= 15 is 0 Å². The Morgan fingerprint density at radius 1 is 1.11 bits per heavy atom. The van der Waals surface area contributed by atoms with Gasteiger partial charge in [-0.3, -0.25) is 9.59 Å². The largest absolute Gasteiger partial charge is 0.427 e. The zero-order chi connectivity index (χ0) is 13.7. The van der Waals surface area contributed by atoms with E-state index in [1.54, 1.807) is 18.2 Å². The molecule has 0 saturated heterocycles. The average molecular weight is 248 g/mol. The van der Waals surface area contributed by atoms with Crippen molar-refractivity contribution < 1.29 is 19.1 Å². The number of carbonyl (C=O) groups is 2. The number of allylic oxidation sites excluding steroid dienone is 1. The van der Waals surface area contributed by atoms with Gasteiger partial charge in [0.25, 0.3) is 0 Å². The Kier molecular flexibility index (Phi) is 4.66. The van der Waals surface area contributed by atoms with Crippen molar-refractivity contribution in [2.75, 3.05) is 0 Å². The predicted octanol–water partition coefficient (Wildman–Crippen LogP) is 2.83. The maximum Gasteiger partial charge on any atom is 0.308 e. The number of hydrogen-bond donors (Lipinski definition) is 0. The Balaban J connectivity index is 3.14. The molecule has 18 heavy (non-hydrogen) atoms. The van der Waals surface area contributed by atoms with Crippen LogP contribution in [0.5, 0.6) is 11.5 Å². The van der Waals surface area contributed by atoms with E-state index in [4.69, 9.17) is 9.47 Å². The van der Waals surface area contributed by atoms with E-state index in [0.29, 0.717) is 11.5 Å². The van der Waals surface area contributed by atoms with Crippen molar-refractivity contribution in [2.45, 2.75) is 26.7 Å². The van der Waals surface area contributed by atoms with Crippen molar-refractivity contribution in [2.24, 2.45) is 0 Å². The van der Waals surface area contributed by atoms with Crippen LogP contribution in [0, 0.1) is 0 Å². The third-order valence-electron chi connectivity index (χ3n) is 2.30. The molecule has 1 aromatic rings. The molecule has 0 fully saturated rings. The summed E-state index contributed by atoms with van der Waals surface area (Å²) < 4.78 is 10.0. The van der Waals surface area contributed by atoms with Gasteiger partial charge < -0.3 is 9.47 Å². The summed E-state index contributed by atoms with van der Waals surface area (Å²) in [5.74, 6) is -0.0796. The molecule has 0 saturated carbocycles. The van der Waals surface area contributed by atoms with Gasteiger partial charge in [0.2, 0.25) is 0 Å². The maximum absolute atomic E-state index is 10.9. The molecule has 0 radical (unpaired) electrons. The standard InChI is InChI=1S/C14H16O4/c1-5-9(2)12-6-13(17-10(3)15)8-14(7-12)18-11(4)16/h5-9H,1H2,2-4H3. The first kappa shape index (κ1) is 14.0. The van der Waals surface area contributed by atoms with Gasteiger partial charge in [0.1, 0.15) is 11.5 Å². The number of carbonyl (C=O) groups excluding carboxylic acids is 2. The SMILES string of the molecule is C=CC(C)c1cc(OC(C)=O)cc(OC(C)=O)c1. The second kappa shape index (κ2) is 6.00. The van der Waals surface area contributed by atoms with Crippen molar-refractivity contribution >= 4 is 11.9 Å². The summed E-state index contributed by atoms with van der Waals surface area (Å²) in [5, 5.41) is 0. The number of rotatable bonds is 4. The molecule has 4 nitrogen and oxygen atoms in total. The Labute approximate surface area is 106 Å². The minimum atomic E-state index is -0.424. The van der Waals surface area contributed by atoms with Crippen molar-refractivity contribution in [3.63, 3.8) is 0 Å². The fourth-order valence-electron chi connectivity index (χ4n) is 1.44. The topological polar surface area (TPSA) is 52.6 Å². The van der Waals surface area contributed by atoms with Gasteiger partial charge in [-0.2, -0.15) is 0 Å². The molecule has 0 aromatic heterocycles. The third-order valence-corrected chi connectivity index (χ3v) is 2.30. The van der Waals surface area contributed by atoms with Gasteiger partial charge in [-0.05, 0) is 23.6 Å². The van der Waals surface area contributed by atoms with Gasteiger partial charge in [0.15, 0.2) is 0 Å². The number of esters is 2. The summed E-state index contributed by atoms with van der Waals surface area (Å²) in [5.41, 5.74) is 0.861. The van der Waals surface area contributed by atoms with Gasteiger partial charge in [-0.1, -0.05) is 13.0 Å². The molecule has 0 bridgehead atoms. The van der Waals surface area contributed by atoms with Crippen molar-refractivity contribution in [3.8, 4) is 11.5 Å². The molecule has 0 aliphatic carbocycles. The van der Waals surface area contributed by atoms with Gasteiger partial charge >= 0.3 is 11.9 Å². The molecule has 1 rings (SSSR count). The monoisotopic (exact) mass is 248 g/mol. The first-order chi connectivity index (χ1) is 8.42. The minimum Gasteiger partial charge on any atom is -0.427 e. The first-order valence-electron chi connectivity index (χ1n) is 5.56. The fourth-order valence-corrected chi connectivity index (χ4v) is 1.44. The van der Waals surface area contributed by atoms with Crippen LogP contribution in [0.25, 0.3) is 0 Å². The fraction of sp³-hybridized carbons (Fsp3) is 0.286. The Morgan fingerprint density at radius 2 is 1.56 bits per heavy atom. The van der Waals surface area contributed by atoms with Crippen LogP contribution in [0.3, 0.4) is 0 Å². The number of benzene rings is 1. The molecule has 0 spiro atoms. The predicted molar refractivity (Wildman–Crippen MR) is 67.7 cm³/mol. The van der Waals surface area contributed by atoms with Crippen LogP contribution in [0.4, 0.5) is 0 Å². The third kappa shape index (κ3) is 4.05. The molecule has 96 valence electrons. The Morgan fingerprint density at radius 3 is 1.89 bits per heavy atom. The summed E-state index contributed by atoms with van der Waals surface area (Å²) in [6, 6.07) is 4.95. The Hall–Kier alpha value is -2.10. The molecule has 1 atom stereocenters. The van der Waals surface area contributed by atoms with Crippen LogP contribution in [-0.2, 0) is 9.59 Å². The molecule has 0 aliphatic heterocycles. The molecule has 0 aliphatic rings. The van der Waals surface area contributed by atoms with Crippen molar-refractivity contribution in [1.82, 2.24) is 0 Å². The average Bonchev–Trinajstić information content (AvgIpc) is 2.25. The van der Waals surface area contributed by atoms with E-state index in [2.05, 4.69) is 6.58 Å². The van der Waals surface area contributed by atoms with Crippen LogP contribution >= 0.6 is 0 Å². The molecule has 0 amide bonds. The summed E-state index contributed by atoms with van der Waals surface area (Å²) >= 11 is 0. The molecule has 1 unspecified atom stereocenters. The van der Waals surface area contributed by atoms with E-state index in [-0.39, 0.29) is 5.92 Å². The second-order valence-electron chi connectivity index (χ2n) is 3.95. The highest BCUT2D eigenvalue weighted by Gasteiger charge is 2.09. The minimum absolute atomic E-state index is 0.0646. The zero-order valence-electron chi connectivity index (χ0n) is 10.7. The second-order valence-corrected chi connectivity index (χ2v) is 3.95. The lowest BCUT2D eigenvalue weighted by Crippen LogP contribution is -2.05. The molecule has 0 heterocycles. The van der Waals surface area contributed by atoms with E-state index in [1.165, 1.54) is 19.9 Å². The van der Waals surface area contributed by atoms with Crippen LogP contribution in [0.15, 0.2) is 30.9 Å². The molecule has 1 aromatic carbocycles. The normalized spacial score (nSPS) is 11.5. The lowest BCUT2D eigenvalue weighted by atomic mass is 10.0. The van der Waals surface area contributed by atoms with Crippen LogP contribution in [-0.4, -0.2) is 11.9 Å². The van der Waals surface area contributed by atoms with Crippen molar-refractivity contribution in [1.29, 1.82) is 0 Å². The van der Waals surface area contributed by atoms with Gasteiger partial charge in [0, 0.05) is 19.9 Å². The van der Waals surface area contributed by atoms with E-state index in [9.17, 15) is 9.59 Å². The van der Waals surface area contributed by atoms with Gasteiger partial charge in [-0.25, -0.2) is 0 Å². The van der Waals surface area contributed by atoms with Crippen LogP contribution < -0.4 is 9.47 Å². The highest BCUT2D eigenvalue weighted by Crippen LogP contribution is 2.28. The van der Waals surface area contributed by atoms with Crippen LogP contribution in [0.1, 0.15) is 32.3 Å². The van der Waals surface area contributed by atoms with E-state index in [1.807, 2.05) is 6.92 Å². The van der Waals surface area contributed by atoms with E-state index < -0.39 is 11.9 Å². The lowest BCUT2D eigenvalue weighted by Gasteiger charge is -2.11. The van der Waals surface area contributed by atoms with Gasteiger partial charge in [-0.15, -0.1) is 6.58 Å². The van der Waals surface area contributed by atoms with Crippen molar-refractivity contribution in [3.05, 3.63) is 36.4 Å². The summed E-state index contributed by atoms with van der Waals surface area (Å²) in [7, 11) is 0.